The quantitative estimate of drug-likeness (QED) is 0.455. The molecule has 0 amide bonds. The van der Waals surface area contributed by atoms with Gasteiger partial charge >= 0.3 is 35.5 Å². The summed E-state index contributed by atoms with van der Waals surface area (Å²) in [7, 11) is 0. The Bertz CT molecular complexity index is 806. The number of ether oxygens (including phenoxy) is 1. The summed E-state index contributed by atoms with van der Waals surface area (Å²) in [5, 5.41) is 9.04. The van der Waals surface area contributed by atoms with Crippen molar-refractivity contribution in [2.45, 2.75) is 57.8 Å². The Morgan fingerprint density at radius 2 is 2.04 bits per heavy atom. The van der Waals surface area contributed by atoms with E-state index in [1.165, 1.54) is 5.57 Å². The van der Waals surface area contributed by atoms with E-state index in [2.05, 4.69) is 17.9 Å². The minimum atomic E-state index is -0.855. The van der Waals surface area contributed by atoms with Crippen molar-refractivity contribution in [1.82, 2.24) is 0 Å². The fourth-order valence-electron chi connectivity index (χ4n) is 4.23. The summed E-state index contributed by atoms with van der Waals surface area (Å²) in [6, 6.07) is 7.53. The Kier molecular flexibility index (Phi) is 8.37. The van der Waals surface area contributed by atoms with Crippen LogP contribution in [0.4, 0.5) is 0 Å². The molecule has 1 aromatic rings. The molecule has 0 bridgehead atoms. The number of aliphatic carboxylic acids is 1. The Hall–Kier alpha value is -1.54. The molecule has 1 fully saturated rings. The molecule has 1 saturated carbocycles. The predicted molar refractivity (Wildman–Crippen MR) is 105 cm³/mol. The van der Waals surface area contributed by atoms with Crippen molar-refractivity contribution in [2.24, 2.45) is 5.41 Å². The van der Waals surface area contributed by atoms with Gasteiger partial charge in [-0.25, -0.2) is 0 Å². The van der Waals surface area contributed by atoms with E-state index in [1.54, 1.807) is 6.92 Å². The second kappa shape index (κ2) is 10.3. The molecule has 28 heavy (non-hydrogen) atoms. The van der Waals surface area contributed by atoms with Crippen molar-refractivity contribution in [3.05, 3.63) is 41.5 Å². The summed E-state index contributed by atoms with van der Waals surface area (Å²) in [5.74, 6) is 5.75. The number of carbonyl (C=O) groups excluding carboxylic acids is 1. The molecule has 1 aromatic carbocycles. The van der Waals surface area contributed by atoms with Crippen molar-refractivity contribution in [3.8, 4) is 17.6 Å². The Morgan fingerprint density at radius 1 is 1.29 bits per heavy atom. The van der Waals surface area contributed by atoms with Gasteiger partial charge in [-0.3, -0.25) is 9.59 Å². The first-order valence-electron chi connectivity index (χ1n) is 9.59. The van der Waals surface area contributed by atoms with E-state index in [1.807, 2.05) is 24.3 Å². The number of rotatable bonds is 6. The summed E-state index contributed by atoms with van der Waals surface area (Å²) in [4.78, 5) is 22.7. The van der Waals surface area contributed by atoms with Crippen LogP contribution < -0.4 is 34.3 Å². The normalized spacial score (nSPS) is 21.9. The van der Waals surface area contributed by atoms with Crippen molar-refractivity contribution < 1.29 is 50.4 Å². The molecule has 0 saturated heterocycles. The maximum Gasteiger partial charge on any atom is 1.00 e. The number of Topliss-reactive ketones (excluding diaryl/α,β-unsaturated/α-hetero) is 1. The Balaban J connectivity index is 0.00000210. The maximum absolute atomic E-state index is 11.7. The smallest absolute Gasteiger partial charge is 1.00 e. The molecule has 2 aliphatic rings. The summed E-state index contributed by atoms with van der Waals surface area (Å²) < 4.78 is 5.95. The number of carboxylic acids is 1. The number of carboxylic acid groups (broad SMARTS) is 1. The molecule has 5 heteroatoms. The maximum atomic E-state index is 11.7. The van der Waals surface area contributed by atoms with Crippen molar-refractivity contribution in [1.29, 1.82) is 0 Å². The average molecular weight is 390 g/mol. The van der Waals surface area contributed by atoms with Crippen LogP contribution in [-0.4, -0.2) is 23.5 Å². The second-order valence-electron chi connectivity index (χ2n) is 7.64. The number of allylic oxidation sites excluding steroid dienone is 1. The molecule has 0 radical (unpaired) electrons. The first-order chi connectivity index (χ1) is 13.0. The van der Waals surface area contributed by atoms with Crippen molar-refractivity contribution in [2.75, 3.05) is 6.61 Å². The SMILES string of the molecule is CC#C[C@@H](CC(=O)O)c1ccc(OCC2=C[C@]3(CCC2)CCC(=O)C3)cc1.[H-].[Na+]. The molecule has 0 aromatic heterocycles. The minimum absolute atomic E-state index is 0. The number of carbonyl (C=O) groups is 2. The topological polar surface area (TPSA) is 63.6 Å². The van der Waals surface area contributed by atoms with Crippen LogP contribution in [0, 0.1) is 17.3 Å². The number of hydrogen-bond donors (Lipinski definition) is 1. The number of benzene rings is 1. The molecule has 0 aliphatic heterocycles. The third-order valence-corrected chi connectivity index (χ3v) is 5.54. The van der Waals surface area contributed by atoms with Gasteiger partial charge in [0.05, 0.1) is 12.3 Å². The van der Waals surface area contributed by atoms with Crippen LogP contribution in [0.15, 0.2) is 35.9 Å². The number of ketones is 1. The van der Waals surface area contributed by atoms with Crippen molar-refractivity contribution >= 4 is 11.8 Å². The van der Waals surface area contributed by atoms with E-state index in [9.17, 15) is 9.59 Å². The first-order valence-corrected chi connectivity index (χ1v) is 9.59. The van der Waals surface area contributed by atoms with Crippen LogP contribution in [0.3, 0.4) is 0 Å². The molecule has 1 spiro atoms. The molecule has 0 unspecified atom stereocenters. The van der Waals surface area contributed by atoms with Crippen LogP contribution in [0.1, 0.15) is 64.8 Å². The van der Waals surface area contributed by atoms with E-state index >= 15 is 0 Å². The molecule has 144 valence electrons. The summed E-state index contributed by atoms with van der Waals surface area (Å²) in [6.07, 6.45) is 7.94. The molecule has 2 aliphatic carbocycles. The fourth-order valence-corrected chi connectivity index (χ4v) is 4.23. The summed E-state index contributed by atoms with van der Waals surface area (Å²) in [5.41, 5.74) is 2.25. The van der Waals surface area contributed by atoms with Crippen LogP contribution in [-0.2, 0) is 9.59 Å². The molecular weight excluding hydrogens is 363 g/mol. The second-order valence-corrected chi connectivity index (χ2v) is 7.64. The largest absolute Gasteiger partial charge is 1.00 e. The van der Waals surface area contributed by atoms with Crippen LogP contribution in [0.2, 0.25) is 0 Å². The van der Waals surface area contributed by atoms with Gasteiger partial charge in [0.15, 0.2) is 0 Å². The molecule has 0 heterocycles. The third-order valence-electron chi connectivity index (χ3n) is 5.54. The van der Waals surface area contributed by atoms with Gasteiger partial charge in [-0.05, 0) is 61.3 Å². The van der Waals surface area contributed by atoms with Gasteiger partial charge in [-0.2, -0.15) is 0 Å². The van der Waals surface area contributed by atoms with Crippen LogP contribution in [0.25, 0.3) is 0 Å². The fraction of sp³-hybridized carbons (Fsp3) is 0.478. The molecule has 2 atom stereocenters. The van der Waals surface area contributed by atoms with Gasteiger partial charge in [0, 0.05) is 12.8 Å². The molecular formula is C23H27NaO4. The van der Waals surface area contributed by atoms with E-state index in [0.29, 0.717) is 25.2 Å². The zero-order valence-corrected chi connectivity index (χ0v) is 18.8. The van der Waals surface area contributed by atoms with E-state index < -0.39 is 5.97 Å². The van der Waals surface area contributed by atoms with Gasteiger partial charge in [0.25, 0.3) is 0 Å². The minimum Gasteiger partial charge on any atom is -1.00 e. The predicted octanol–water partition coefficient (Wildman–Crippen LogP) is 1.61. The first kappa shape index (κ1) is 22.7. The van der Waals surface area contributed by atoms with E-state index in [0.717, 1.165) is 37.0 Å². The number of hydrogen-bond acceptors (Lipinski definition) is 3. The molecule has 1 N–H and O–H groups in total. The third kappa shape index (κ3) is 5.98. The molecule has 4 nitrogen and oxygen atoms in total. The Labute approximate surface area is 190 Å². The zero-order valence-electron chi connectivity index (χ0n) is 17.8. The Morgan fingerprint density at radius 3 is 2.64 bits per heavy atom. The monoisotopic (exact) mass is 390 g/mol. The van der Waals surface area contributed by atoms with Gasteiger partial charge < -0.3 is 11.3 Å². The summed E-state index contributed by atoms with van der Waals surface area (Å²) >= 11 is 0. The zero-order chi connectivity index (χ0) is 19.3. The summed E-state index contributed by atoms with van der Waals surface area (Å²) in [6.45, 7) is 2.26. The van der Waals surface area contributed by atoms with Crippen LogP contribution >= 0.6 is 0 Å². The average Bonchev–Trinajstić information content (AvgIpc) is 2.99. The van der Waals surface area contributed by atoms with Gasteiger partial charge in [0.2, 0.25) is 0 Å². The van der Waals surface area contributed by atoms with E-state index in [-0.39, 0.29) is 48.7 Å². The molecule has 3 rings (SSSR count). The van der Waals surface area contributed by atoms with Gasteiger partial charge in [0.1, 0.15) is 18.1 Å². The van der Waals surface area contributed by atoms with E-state index in [4.69, 9.17) is 9.84 Å². The standard InChI is InChI=1S/C23H26O4.Na.H/c1-2-4-19(13-22(25)26)18-6-8-21(9-7-18)27-16-17-5-3-11-23(14-17)12-10-20(24)15-23;;/h6-9,14,19H,3,5,10-13,15-16H2,1H3,(H,25,26);;/q;+1;-1/t19-,23-;;/m0../s1. The van der Waals surface area contributed by atoms with Crippen molar-refractivity contribution in [3.63, 3.8) is 0 Å². The van der Waals surface area contributed by atoms with Gasteiger partial charge in [-0.15, -0.1) is 5.92 Å². The van der Waals surface area contributed by atoms with Crippen LogP contribution in [0.5, 0.6) is 5.75 Å². The van der Waals surface area contributed by atoms with Gasteiger partial charge in [-0.1, -0.05) is 24.1 Å².